The summed E-state index contributed by atoms with van der Waals surface area (Å²) in [5, 5.41) is 19.0. The van der Waals surface area contributed by atoms with E-state index >= 15 is 0 Å². The van der Waals surface area contributed by atoms with Gasteiger partial charge in [-0.3, -0.25) is 0 Å². The fraction of sp³-hybridized carbons (Fsp3) is 0.455. The van der Waals surface area contributed by atoms with Crippen LogP contribution >= 0.6 is 0 Å². The van der Waals surface area contributed by atoms with Gasteiger partial charge in [-0.1, -0.05) is 12.5 Å². The molecule has 1 aliphatic carbocycles. The first-order chi connectivity index (χ1) is 6.27. The first-order valence-electron chi connectivity index (χ1n) is 4.77. The number of phenolic OH excluding ortho intramolecular Hbond substituents is 1. The number of aryl methyl sites for hydroxylation is 1. The summed E-state index contributed by atoms with van der Waals surface area (Å²) in [5.41, 5.74) is 2.10. The molecule has 1 aromatic carbocycles. The van der Waals surface area contributed by atoms with Gasteiger partial charge in [0.05, 0.1) is 6.10 Å². The van der Waals surface area contributed by atoms with Crippen LogP contribution in [0.2, 0.25) is 0 Å². The number of hydrogen-bond acceptors (Lipinski definition) is 2. The minimum Gasteiger partial charge on any atom is -0.508 e. The Morgan fingerprint density at radius 1 is 1.23 bits per heavy atom. The zero-order chi connectivity index (χ0) is 9.26. The standard InChI is InChI=1S/C11H14O2/c12-9-6-5-8-3-1-2-4-11(13)10(8)7-9/h5-7,11-13H,1-4H2. The second kappa shape index (κ2) is 3.38. The third kappa shape index (κ3) is 1.68. The molecule has 0 spiro atoms. The quantitative estimate of drug-likeness (QED) is 0.597. The lowest BCUT2D eigenvalue weighted by Crippen LogP contribution is -1.97. The summed E-state index contributed by atoms with van der Waals surface area (Å²) in [5.74, 6) is 0.250. The van der Waals surface area contributed by atoms with Crippen LogP contribution in [-0.4, -0.2) is 10.2 Å². The summed E-state index contributed by atoms with van der Waals surface area (Å²) < 4.78 is 0. The molecular formula is C11H14O2. The second-order valence-electron chi connectivity index (χ2n) is 3.64. The van der Waals surface area contributed by atoms with Crippen molar-refractivity contribution in [2.75, 3.05) is 0 Å². The van der Waals surface area contributed by atoms with E-state index in [4.69, 9.17) is 0 Å². The minimum absolute atomic E-state index is 0.250. The summed E-state index contributed by atoms with van der Waals surface area (Å²) in [4.78, 5) is 0. The van der Waals surface area contributed by atoms with Crippen LogP contribution in [0.1, 0.15) is 36.5 Å². The van der Waals surface area contributed by atoms with E-state index in [2.05, 4.69) is 0 Å². The molecule has 1 aromatic rings. The van der Waals surface area contributed by atoms with Gasteiger partial charge in [0.25, 0.3) is 0 Å². The Balaban J connectivity index is 2.43. The maximum absolute atomic E-state index is 9.75. The van der Waals surface area contributed by atoms with Crippen molar-refractivity contribution in [2.45, 2.75) is 31.8 Å². The van der Waals surface area contributed by atoms with Crippen LogP contribution in [0, 0.1) is 0 Å². The molecule has 0 heterocycles. The topological polar surface area (TPSA) is 40.5 Å². The van der Waals surface area contributed by atoms with Crippen LogP contribution in [0.3, 0.4) is 0 Å². The largest absolute Gasteiger partial charge is 0.508 e. The number of phenols is 1. The average molecular weight is 178 g/mol. The number of aromatic hydroxyl groups is 1. The van der Waals surface area contributed by atoms with Crippen molar-refractivity contribution in [3.05, 3.63) is 29.3 Å². The molecule has 0 aliphatic heterocycles. The summed E-state index contributed by atoms with van der Waals surface area (Å²) in [6.45, 7) is 0. The Morgan fingerprint density at radius 3 is 2.92 bits per heavy atom. The van der Waals surface area contributed by atoms with E-state index in [-0.39, 0.29) is 11.9 Å². The van der Waals surface area contributed by atoms with Crippen molar-refractivity contribution < 1.29 is 10.2 Å². The summed E-state index contributed by atoms with van der Waals surface area (Å²) in [6.07, 6.45) is 3.65. The highest BCUT2D eigenvalue weighted by Crippen LogP contribution is 2.30. The number of fused-ring (bicyclic) bond motifs is 1. The molecule has 0 bridgehead atoms. The first kappa shape index (κ1) is 8.57. The van der Waals surface area contributed by atoms with Gasteiger partial charge in [0.1, 0.15) is 5.75 Å². The molecule has 1 unspecified atom stereocenters. The minimum atomic E-state index is -0.385. The Kier molecular flexibility index (Phi) is 2.23. The van der Waals surface area contributed by atoms with Crippen LogP contribution in [-0.2, 0) is 6.42 Å². The average Bonchev–Trinajstić information content (AvgIpc) is 2.29. The number of aliphatic hydroxyl groups excluding tert-OH is 1. The van der Waals surface area contributed by atoms with E-state index in [1.165, 1.54) is 5.56 Å². The van der Waals surface area contributed by atoms with Crippen molar-refractivity contribution in [1.29, 1.82) is 0 Å². The molecule has 13 heavy (non-hydrogen) atoms. The molecular weight excluding hydrogens is 164 g/mol. The van der Waals surface area contributed by atoms with Crippen LogP contribution in [0.5, 0.6) is 5.75 Å². The molecule has 0 fully saturated rings. The fourth-order valence-electron chi connectivity index (χ4n) is 1.93. The third-order valence-electron chi connectivity index (χ3n) is 2.66. The highest BCUT2D eigenvalue weighted by atomic mass is 16.3. The number of rotatable bonds is 0. The molecule has 1 atom stereocenters. The normalized spacial score (nSPS) is 22.1. The van der Waals surface area contributed by atoms with Crippen LogP contribution < -0.4 is 0 Å². The highest BCUT2D eigenvalue weighted by molar-refractivity contribution is 5.36. The van der Waals surface area contributed by atoms with E-state index in [1.807, 2.05) is 6.07 Å². The van der Waals surface area contributed by atoms with Gasteiger partial charge < -0.3 is 10.2 Å². The smallest absolute Gasteiger partial charge is 0.115 e. The zero-order valence-electron chi connectivity index (χ0n) is 7.53. The molecule has 2 heteroatoms. The van der Waals surface area contributed by atoms with E-state index in [0.29, 0.717) is 0 Å². The summed E-state index contributed by atoms with van der Waals surface area (Å²) in [6, 6.07) is 5.29. The van der Waals surface area contributed by atoms with Gasteiger partial charge in [-0.05, 0) is 42.5 Å². The van der Waals surface area contributed by atoms with E-state index < -0.39 is 0 Å². The SMILES string of the molecule is Oc1ccc2c(c1)C(O)CCCC2. The van der Waals surface area contributed by atoms with Gasteiger partial charge in [0.2, 0.25) is 0 Å². The lowest BCUT2D eigenvalue weighted by molar-refractivity contribution is 0.166. The Labute approximate surface area is 77.8 Å². The molecule has 2 rings (SSSR count). The molecule has 70 valence electrons. The van der Waals surface area contributed by atoms with Crippen molar-refractivity contribution in [3.63, 3.8) is 0 Å². The molecule has 0 radical (unpaired) electrons. The van der Waals surface area contributed by atoms with Crippen LogP contribution in [0.15, 0.2) is 18.2 Å². The fourth-order valence-corrected chi connectivity index (χ4v) is 1.93. The number of hydrogen-bond donors (Lipinski definition) is 2. The van der Waals surface area contributed by atoms with Crippen molar-refractivity contribution in [2.24, 2.45) is 0 Å². The first-order valence-corrected chi connectivity index (χ1v) is 4.77. The molecule has 0 aromatic heterocycles. The van der Waals surface area contributed by atoms with Gasteiger partial charge in [-0.25, -0.2) is 0 Å². The predicted molar refractivity (Wildman–Crippen MR) is 50.6 cm³/mol. The Hall–Kier alpha value is -1.02. The monoisotopic (exact) mass is 178 g/mol. The van der Waals surface area contributed by atoms with Crippen molar-refractivity contribution >= 4 is 0 Å². The zero-order valence-corrected chi connectivity index (χ0v) is 7.53. The van der Waals surface area contributed by atoms with E-state index in [1.54, 1.807) is 12.1 Å². The number of aliphatic hydroxyl groups is 1. The molecule has 0 amide bonds. The molecule has 0 saturated heterocycles. The molecule has 2 nitrogen and oxygen atoms in total. The van der Waals surface area contributed by atoms with Crippen LogP contribution in [0.25, 0.3) is 0 Å². The van der Waals surface area contributed by atoms with Gasteiger partial charge >= 0.3 is 0 Å². The number of benzene rings is 1. The maximum Gasteiger partial charge on any atom is 0.115 e. The van der Waals surface area contributed by atoms with Crippen LogP contribution in [0.4, 0.5) is 0 Å². The van der Waals surface area contributed by atoms with E-state index in [9.17, 15) is 10.2 Å². The summed E-state index contributed by atoms with van der Waals surface area (Å²) in [7, 11) is 0. The Bertz CT molecular complexity index is 307. The molecule has 1 aliphatic rings. The predicted octanol–water partition coefficient (Wildman–Crippen LogP) is 2.15. The Morgan fingerprint density at radius 2 is 2.08 bits per heavy atom. The van der Waals surface area contributed by atoms with Crippen molar-refractivity contribution in [3.8, 4) is 5.75 Å². The molecule has 0 saturated carbocycles. The van der Waals surface area contributed by atoms with Crippen molar-refractivity contribution in [1.82, 2.24) is 0 Å². The van der Waals surface area contributed by atoms with Gasteiger partial charge in [0, 0.05) is 0 Å². The lowest BCUT2D eigenvalue weighted by atomic mass is 10.0. The summed E-state index contributed by atoms with van der Waals surface area (Å²) >= 11 is 0. The molecule has 2 N–H and O–H groups in total. The lowest BCUT2D eigenvalue weighted by Gasteiger charge is -2.11. The highest BCUT2D eigenvalue weighted by Gasteiger charge is 2.16. The van der Waals surface area contributed by atoms with Gasteiger partial charge in [-0.2, -0.15) is 0 Å². The maximum atomic E-state index is 9.75. The third-order valence-corrected chi connectivity index (χ3v) is 2.66. The second-order valence-corrected chi connectivity index (χ2v) is 3.64. The van der Waals surface area contributed by atoms with Gasteiger partial charge in [0.15, 0.2) is 0 Å². The van der Waals surface area contributed by atoms with Gasteiger partial charge in [-0.15, -0.1) is 0 Å². The van der Waals surface area contributed by atoms with E-state index in [0.717, 1.165) is 31.2 Å².